The van der Waals surface area contributed by atoms with Gasteiger partial charge in [-0.3, -0.25) is 4.68 Å². The van der Waals surface area contributed by atoms with E-state index in [1.54, 1.807) is 0 Å². The summed E-state index contributed by atoms with van der Waals surface area (Å²) >= 11 is 0. The Morgan fingerprint density at radius 3 is 2.90 bits per heavy atom. The van der Waals surface area contributed by atoms with E-state index < -0.39 is 0 Å². The Kier molecular flexibility index (Phi) is 3.38. The molecule has 106 valence electrons. The topological polar surface area (TPSA) is 47.1 Å². The van der Waals surface area contributed by atoms with Gasteiger partial charge in [0.2, 0.25) is 0 Å². The molecule has 0 saturated heterocycles. The molecule has 4 nitrogen and oxygen atoms in total. The zero-order valence-corrected chi connectivity index (χ0v) is 12.3. The van der Waals surface area contributed by atoms with Crippen LogP contribution in [-0.4, -0.2) is 16.3 Å². The van der Waals surface area contributed by atoms with Crippen LogP contribution >= 0.6 is 0 Å². The highest BCUT2D eigenvalue weighted by Crippen LogP contribution is 2.37. The molecule has 3 rings (SSSR count). The Morgan fingerprint density at radius 1 is 1.30 bits per heavy atom. The summed E-state index contributed by atoms with van der Waals surface area (Å²) in [6, 6.07) is 8.59. The maximum absolute atomic E-state index is 6.35. The van der Waals surface area contributed by atoms with E-state index in [1.165, 1.54) is 11.3 Å². The lowest BCUT2D eigenvalue weighted by atomic mass is 10.0. The second-order valence-corrected chi connectivity index (χ2v) is 5.44. The summed E-state index contributed by atoms with van der Waals surface area (Å²) < 4.78 is 1.93. The van der Waals surface area contributed by atoms with E-state index in [2.05, 4.69) is 41.2 Å². The number of nitrogen functional groups attached to an aromatic ring is 1. The Bertz CT molecular complexity index is 615. The second-order valence-electron chi connectivity index (χ2n) is 5.44. The Balaban J connectivity index is 2.06. The average molecular weight is 270 g/mol. The number of anilines is 3. The van der Waals surface area contributed by atoms with Crippen LogP contribution < -0.4 is 10.6 Å². The van der Waals surface area contributed by atoms with Crippen molar-refractivity contribution in [3.8, 4) is 0 Å². The van der Waals surface area contributed by atoms with Gasteiger partial charge in [-0.1, -0.05) is 31.5 Å². The quantitative estimate of drug-likeness (QED) is 0.932. The third-order valence-corrected chi connectivity index (χ3v) is 3.98. The van der Waals surface area contributed by atoms with E-state index in [0.717, 1.165) is 49.4 Å². The minimum atomic E-state index is 0.839. The molecule has 2 N–H and O–H groups in total. The molecule has 0 fully saturated rings. The average Bonchev–Trinajstić information content (AvgIpc) is 2.74. The molecule has 0 saturated carbocycles. The van der Waals surface area contributed by atoms with Gasteiger partial charge in [-0.2, -0.15) is 5.10 Å². The highest BCUT2D eigenvalue weighted by Gasteiger charge is 2.24. The lowest BCUT2D eigenvalue weighted by Crippen LogP contribution is -2.27. The lowest BCUT2D eigenvalue weighted by Gasteiger charge is -2.31. The molecule has 2 aromatic rings. The van der Waals surface area contributed by atoms with Crippen LogP contribution in [0.4, 0.5) is 17.2 Å². The fourth-order valence-electron chi connectivity index (χ4n) is 3.08. The Labute approximate surface area is 120 Å². The maximum atomic E-state index is 6.35. The number of fused-ring (bicyclic) bond motifs is 1. The van der Waals surface area contributed by atoms with Crippen LogP contribution in [0.1, 0.15) is 31.0 Å². The zero-order chi connectivity index (χ0) is 14.1. The number of aryl methyl sites for hydroxylation is 3. The van der Waals surface area contributed by atoms with Crippen molar-refractivity contribution in [3.63, 3.8) is 0 Å². The van der Waals surface area contributed by atoms with Crippen molar-refractivity contribution < 1.29 is 0 Å². The van der Waals surface area contributed by atoms with Gasteiger partial charge in [0, 0.05) is 19.3 Å². The fraction of sp³-hybridized carbons (Fsp3) is 0.438. The summed E-state index contributed by atoms with van der Waals surface area (Å²) in [5.41, 5.74) is 10.9. The standard InChI is InChI=1S/C16H22N4/c1-3-7-13-15(17)16(19(2)18-13)20-11-6-9-12-8-4-5-10-14(12)20/h4-5,8,10H,3,6-7,9,11,17H2,1-2H3. The molecular weight excluding hydrogens is 248 g/mol. The molecule has 20 heavy (non-hydrogen) atoms. The summed E-state index contributed by atoms with van der Waals surface area (Å²) in [6.07, 6.45) is 4.31. The third kappa shape index (κ3) is 2.05. The van der Waals surface area contributed by atoms with Gasteiger partial charge in [0.05, 0.1) is 11.4 Å². The largest absolute Gasteiger partial charge is 0.394 e. The SMILES string of the molecule is CCCc1nn(C)c(N2CCCc3ccccc32)c1N. The second kappa shape index (κ2) is 5.19. The first-order valence-corrected chi connectivity index (χ1v) is 7.39. The van der Waals surface area contributed by atoms with Crippen LogP contribution in [0.2, 0.25) is 0 Å². The lowest BCUT2D eigenvalue weighted by molar-refractivity contribution is 0.696. The van der Waals surface area contributed by atoms with Gasteiger partial charge in [-0.15, -0.1) is 0 Å². The van der Waals surface area contributed by atoms with Gasteiger partial charge in [0.25, 0.3) is 0 Å². The number of aromatic nitrogens is 2. The first kappa shape index (κ1) is 13.0. The fourth-order valence-corrected chi connectivity index (χ4v) is 3.08. The number of hydrogen-bond donors (Lipinski definition) is 1. The zero-order valence-electron chi connectivity index (χ0n) is 12.3. The number of rotatable bonds is 3. The summed E-state index contributed by atoms with van der Waals surface area (Å²) in [5.74, 6) is 1.04. The number of nitrogens with two attached hydrogens (primary N) is 1. The van der Waals surface area contributed by atoms with Crippen molar-refractivity contribution in [2.24, 2.45) is 7.05 Å². The molecule has 0 bridgehead atoms. The first-order chi connectivity index (χ1) is 9.72. The van der Waals surface area contributed by atoms with E-state index >= 15 is 0 Å². The molecule has 0 aliphatic carbocycles. The van der Waals surface area contributed by atoms with Crippen molar-refractivity contribution in [1.29, 1.82) is 0 Å². The van der Waals surface area contributed by atoms with Gasteiger partial charge >= 0.3 is 0 Å². The van der Waals surface area contributed by atoms with Crippen LogP contribution in [0.25, 0.3) is 0 Å². The van der Waals surface area contributed by atoms with Crippen molar-refractivity contribution in [3.05, 3.63) is 35.5 Å². The smallest absolute Gasteiger partial charge is 0.154 e. The predicted octanol–water partition coefficient (Wildman–Crippen LogP) is 3.04. The number of benzene rings is 1. The number of para-hydroxylation sites is 1. The minimum Gasteiger partial charge on any atom is -0.394 e. The van der Waals surface area contributed by atoms with Crippen LogP contribution in [-0.2, 0) is 19.9 Å². The molecule has 0 atom stereocenters. The van der Waals surface area contributed by atoms with Crippen molar-refractivity contribution in [2.45, 2.75) is 32.6 Å². The molecule has 0 spiro atoms. The predicted molar refractivity (Wildman–Crippen MR) is 83.4 cm³/mol. The van der Waals surface area contributed by atoms with Gasteiger partial charge in [0.15, 0.2) is 5.82 Å². The third-order valence-electron chi connectivity index (χ3n) is 3.98. The van der Waals surface area contributed by atoms with Gasteiger partial charge in [-0.05, 0) is 30.9 Å². The van der Waals surface area contributed by atoms with Gasteiger partial charge in [0.1, 0.15) is 0 Å². The maximum Gasteiger partial charge on any atom is 0.154 e. The van der Waals surface area contributed by atoms with Crippen molar-refractivity contribution >= 4 is 17.2 Å². The van der Waals surface area contributed by atoms with Crippen LogP contribution in [0, 0.1) is 0 Å². The van der Waals surface area contributed by atoms with E-state index in [-0.39, 0.29) is 0 Å². The highest BCUT2D eigenvalue weighted by molar-refractivity contribution is 5.75. The Hall–Kier alpha value is -1.97. The molecule has 1 aromatic carbocycles. The van der Waals surface area contributed by atoms with Gasteiger partial charge < -0.3 is 10.6 Å². The molecule has 0 radical (unpaired) electrons. The van der Waals surface area contributed by atoms with Gasteiger partial charge in [-0.25, -0.2) is 0 Å². The Morgan fingerprint density at radius 2 is 2.10 bits per heavy atom. The first-order valence-electron chi connectivity index (χ1n) is 7.39. The van der Waals surface area contributed by atoms with Crippen LogP contribution in [0.3, 0.4) is 0 Å². The summed E-state index contributed by atoms with van der Waals surface area (Å²) in [5, 5.41) is 4.60. The van der Waals surface area contributed by atoms with Crippen molar-refractivity contribution in [2.75, 3.05) is 17.2 Å². The van der Waals surface area contributed by atoms with E-state index in [9.17, 15) is 0 Å². The molecule has 2 heterocycles. The molecule has 4 heteroatoms. The number of hydrogen-bond acceptors (Lipinski definition) is 3. The monoisotopic (exact) mass is 270 g/mol. The molecule has 1 aromatic heterocycles. The minimum absolute atomic E-state index is 0.839. The molecule has 0 unspecified atom stereocenters. The molecule has 0 amide bonds. The van der Waals surface area contributed by atoms with E-state index in [4.69, 9.17) is 5.73 Å². The molecular formula is C16H22N4. The normalized spacial score (nSPS) is 14.4. The summed E-state index contributed by atoms with van der Waals surface area (Å²) in [7, 11) is 1.99. The van der Waals surface area contributed by atoms with Crippen LogP contribution in [0.5, 0.6) is 0 Å². The summed E-state index contributed by atoms with van der Waals surface area (Å²) in [4.78, 5) is 2.32. The van der Waals surface area contributed by atoms with E-state index in [1.807, 2.05) is 11.7 Å². The molecule has 1 aliphatic heterocycles. The van der Waals surface area contributed by atoms with Crippen molar-refractivity contribution in [1.82, 2.24) is 9.78 Å². The highest BCUT2D eigenvalue weighted by atomic mass is 15.4. The van der Waals surface area contributed by atoms with E-state index in [0.29, 0.717) is 0 Å². The summed E-state index contributed by atoms with van der Waals surface area (Å²) in [6.45, 7) is 3.16. The molecule has 1 aliphatic rings. The number of nitrogens with zero attached hydrogens (tertiary/aromatic N) is 3. The van der Waals surface area contributed by atoms with Crippen LogP contribution in [0.15, 0.2) is 24.3 Å².